The summed E-state index contributed by atoms with van der Waals surface area (Å²) in [6.45, 7) is 2.51. The first-order chi connectivity index (χ1) is 7.15. The summed E-state index contributed by atoms with van der Waals surface area (Å²) in [6.07, 6.45) is 3.83. The van der Waals surface area contributed by atoms with E-state index in [-0.39, 0.29) is 11.8 Å². The van der Waals surface area contributed by atoms with Gasteiger partial charge in [0.15, 0.2) is 0 Å². The zero-order chi connectivity index (χ0) is 11.3. The summed E-state index contributed by atoms with van der Waals surface area (Å²) in [4.78, 5) is 17.3. The lowest BCUT2D eigenvalue weighted by Crippen LogP contribution is -2.29. The fraction of sp³-hybridized carbons (Fsp3) is 0.455. The van der Waals surface area contributed by atoms with E-state index in [4.69, 9.17) is 5.73 Å². The lowest BCUT2D eigenvalue weighted by Gasteiger charge is -2.18. The molecule has 0 fully saturated rings. The molecule has 4 heteroatoms. The van der Waals surface area contributed by atoms with E-state index in [1.165, 1.54) is 0 Å². The lowest BCUT2D eigenvalue weighted by atomic mass is 10.1. The normalized spacial score (nSPS) is 12.2. The smallest absolute Gasteiger partial charge is 0.227 e. The van der Waals surface area contributed by atoms with Gasteiger partial charge in [-0.25, -0.2) is 0 Å². The maximum absolute atomic E-state index is 11.8. The van der Waals surface area contributed by atoms with Crippen LogP contribution in [0.5, 0.6) is 0 Å². The molecule has 0 aliphatic heterocycles. The third-order valence-corrected chi connectivity index (χ3v) is 2.35. The third-order valence-electron chi connectivity index (χ3n) is 2.35. The van der Waals surface area contributed by atoms with E-state index in [1.54, 1.807) is 24.3 Å². The molecule has 1 rings (SSSR count). The van der Waals surface area contributed by atoms with Gasteiger partial charge >= 0.3 is 0 Å². The number of nitrogens with two attached hydrogens (primary N) is 1. The van der Waals surface area contributed by atoms with Crippen LogP contribution in [0.2, 0.25) is 0 Å². The highest BCUT2D eigenvalue weighted by Crippen LogP contribution is 2.12. The highest BCUT2D eigenvalue weighted by molar-refractivity contribution is 5.92. The molecule has 1 unspecified atom stereocenters. The van der Waals surface area contributed by atoms with Crippen LogP contribution in [0.4, 0.5) is 5.69 Å². The molecule has 0 aromatic carbocycles. The van der Waals surface area contributed by atoms with E-state index >= 15 is 0 Å². The van der Waals surface area contributed by atoms with Gasteiger partial charge in [0.2, 0.25) is 5.91 Å². The first-order valence-electron chi connectivity index (χ1n) is 5.01. The minimum absolute atomic E-state index is 0.0825. The van der Waals surface area contributed by atoms with Crippen molar-refractivity contribution in [1.29, 1.82) is 0 Å². The number of carbonyl (C=O) groups is 1. The molecule has 0 saturated heterocycles. The topological polar surface area (TPSA) is 59.2 Å². The molecule has 1 aromatic heterocycles. The monoisotopic (exact) mass is 207 g/mol. The van der Waals surface area contributed by atoms with E-state index in [2.05, 4.69) is 4.98 Å². The van der Waals surface area contributed by atoms with Crippen LogP contribution in [-0.4, -0.2) is 24.5 Å². The van der Waals surface area contributed by atoms with Crippen LogP contribution in [0.1, 0.15) is 13.3 Å². The third kappa shape index (κ3) is 3.32. The Morgan fingerprint density at radius 3 is 2.67 bits per heavy atom. The number of carbonyl (C=O) groups excluding carboxylic acids is 1. The average Bonchev–Trinajstić information content (AvgIpc) is 2.29. The van der Waals surface area contributed by atoms with Gasteiger partial charge in [0.05, 0.1) is 0 Å². The minimum Gasteiger partial charge on any atom is -0.330 e. The summed E-state index contributed by atoms with van der Waals surface area (Å²) in [5.41, 5.74) is 6.34. The Balaban J connectivity index is 2.61. The minimum atomic E-state index is 0.0825. The summed E-state index contributed by atoms with van der Waals surface area (Å²) in [5.74, 6) is 0.306. The summed E-state index contributed by atoms with van der Waals surface area (Å²) in [6, 6.07) is 3.62. The maximum atomic E-state index is 11.8. The molecule has 0 radical (unpaired) electrons. The first kappa shape index (κ1) is 11.7. The molecule has 0 aliphatic rings. The molecular formula is C11H17N3O. The predicted octanol–water partition coefficient (Wildman–Crippen LogP) is 1.03. The number of hydrogen-bond donors (Lipinski definition) is 1. The van der Waals surface area contributed by atoms with Gasteiger partial charge in [-0.3, -0.25) is 9.78 Å². The second kappa shape index (κ2) is 5.46. The second-order valence-corrected chi connectivity index (χ2v) is 3.70. The summed E-state index contributed by atoms with van der Waals surface area (Å²) in [5, 5.41) is 0. The molecule has 1 heterocycles. The number of pyridine rings is 1. The van der Waals surface area contributed by atoms with E-state index < -0.39 is 0 Å². The molecule has 0 bridgehead atoms. The van der Waals surface area contributed by atoms with Gasteiger partial charge < -0.3 is 10.6 Å². The molecule has 82 valence electrons. The molecular weight excluding hydrogens is 190 g/mol. The average molecular weight is 207 g/mol. The Hall–Kier alpha value is -1.42. The van der Waals surface area contributed by atoms with Crippen molar-refractivity contribution >= 4 is 11.6 Å². The lowest BCUT2D eigenvalue weighted by molar-refractivity contribution is -0.119. The second-order valence-electron chi connectivity index (χ2n) is 3.70. The molecule has 0 aliphatic carbocycles. The molecule has 1 aromatic rings. The van der Waals surface area contributed by atoms with Crippen molar-refractivity contribution in [3.63, 3.8) is 0 Å². The summed E-state index contributed by atoms with van der Waals surface area (Å²) < 4.78 is 0. The number of rotatable bonds is 4. The van der Waals surface area contributed by atoms with Crippen LogP contribution < -0.4 is 10.6 Å². The van der Waals surface area contributed by atoms with E-state index in [9.17, 15) is 4.79 Å². The predicted molar refractivity (Wildman–Crippen MR) is 60.5 cm³/mol. The molecule has 15 heavy (non-hydrogen) atoms. The van der Waals surface area contributed by atoms with Crippen molar-refractivity contribution in [1.82, 2.24) is 4.98 Å². The Labute approximate surface area is 90.1 Å². The van der Waals surface area contributed by atoms with Gasteiger partial charge in [-0.15, -0.1) is 0 Å². The molecule has 0 spiro atoms. The number of hydrogen-bond acceptors (Lipinski definition) is 3. The van der Waals surface area contributed by atoms with Crippen LogP contribution in [0, 0.1) is 5.92 Å². The quantitative estimate of drug-likeness (QED) is 0.802. The summed E-state index contributed by atoms with van der Waals surface area (Å²) >= 11 is 0. The Morgan fingerprint density at radius 2 is 2.13 bits per heavy atom. The van der Waals surface area contributed by atoms with Gasteiger partial charge in [0.25, 0.3) is 0 Å². The van der Waals surface area contributed by atoms with Crippen molar-refractivity contribution in [2.75, 3.05) is 18.5 Å². The fourth-order valence-corrected chi connectivity index (χ4v) is 1.23. The molecule has 0 saturated carbocycles. The van der Waals surface area contributed by atoms with E-state index in [0.717, 1.165) is 5.69 Å². The van der Waals surface area contributed by atoms with Crippen molar-refractivity contribution in [2.24, 2.45) is 11.7 Å². The fourth-order valence-electron chi connectivity index (χ4n) is 1.23. The Bertz CT molecular complexity index is 313. The number of nitrogens with zero attached hydrogens (tertiary/aromatic N) is 2. The molecule has 4 nitrogen and oxygen atoms in total. The van der Waals surface area contributed by atoms with Crippen LogP contribution >= 0.6 is 0 Å². The Kier molecular flexibility index (Phi) is 4.24. The molecule has 1 atom stereocenters. The largest absolute Gasteiger partial charge is 0.330 e. The standard InChI is InChI=1S/C11H17N3O/c1-9(8-12)7-11(15)14(2)10-3-5-13-6-4-10/h3-6,9H,7-8,12H2,1-2H3. The zero-order valence-electron chi connectivity index (χ0n) is 9.18. The van der Waals surface area contributed by atoms with Crippen molar-refractivity contribution in [2.45, 2.75) is 13.3 Å². The highest BCUT2D eigenvalue weighted by atomic mass is 16.2. The van der Waals surface area contributed by atoms with Crippen LogP contribution in [0.15, 0.2) is 24.5 Å². The van der Waals surface area contributed by atoms with Gasteiger partial charge in [-0.2, -0.15) is 0 Å². The Morgan fingerprint density at radius 1 is 1.53 bits per heavy atom. The van der Waals surface area contributed by atoms with Crippen LogP contribution in [0.3, 0.4) is 0 Å². The van der Waals surface area contributed by atoms with Gasteiger partial charge in [-0.05, 0) is 24.6 Å². The number of anilines is 1. The number of amides is 1. The maximum Gasteiger partial charge on any atom is 0.227 e. The molecule has 1 amide bonds. The SMILES string of the molecule is CC(CN)CC(=O)N(C)c1ccncc1. The van der Waals surface area contributed by atoms with Crippen molar-refractivity contribution < 1.29 is 4.79 Å². The highest BCUT2D eigenvalue weighted by Gasteiger charge is 2.13. The molecule has 2 N–H and O–H groups in total. The van der Waals surface area contributed by atoms with E-state index in [0.29, 0.717) is 13.0 Å². The van der Waals surface area contributed by atoms with Crippen molar-refractivity contribution in [3.05, 3.63) is 24.5 Å². The van der Waals surface area contributed by atoms with Gasteiger partial charge in [0, 0.05) is 31.5 Å². The van der Waals surface area contributed by atoms with Crippen LogP contribution in [-0.2, 0) is 4.79 Å². The summed E-state index contributed by atoms with van der Waals surface area (Å²) in [7, 11) is 1.76. The van der Waals surface area contributed by atoms with Gasteiger partial charge in [-0.1, -0.05) is 6.92 Å². The van der Waals surface area contributed by atoms with E-state index in [1.807, 2.05) is 19.1 Å². The first-order valence-corrected chi connectivity index (χ1v) is 5.01. The number of aromatic nitrogens is 1. The zero-order valence-corrected chi connectivity index (χ0v) is 9.18. The van der Waals surface area contributed by atoms with Crippen molar-refractivity contribution in [3.8, 4) is 0 Å². The van der Waals surface area contributed by atoms with Crippen LogP contribution in [0.25, 0.3) is 0 Å². The van der Waals surface area contributed by atoms with Gasteiger partial charge in [0.1, 0.15) is 0 Å².